The highest BCUT2D eigenvalue weighted by atomic mass is 16.5. The fourth-order valence-electron chi connectivity index (χ4n) is 1.65. The normalized spacial score (nSPS) is 17.1. The fraction of sp³-hybridized carbons (Fsp3) is 0.833. The van der Waals surface area contributed by atoms with Crippen LogP contribution >= 0.6 is 0 Å². The molecule has 98 valence electrons. The Kier molecular flexibility index (Phi) is 4.65. The molecule has 2 N–H and O–H groups in total. The first-order chi connectivity index (χ1) is 7.98. The second-order valence-electron chi connectivity index (χ2n) is 4.83. The van der Waals surface area contributed by atoms with Crippen LogP contribution in [0, 0.1) is 5.92 Å². The summed E-state index contributed by atoms with van der Waals surface area (Å²) in [5.41, 5.74) is 5.24. The molecule has 0 aliphatic rings. The van der Waals surface area contributed by atoms with Gasteiger partial charge < -0.3 is 15.0 Å². The van der Waals surface area contributed by atoms with Crippen molar-refractivity contribution in [1.29, 1.82) is 0 Å². The monoisotopic (exact) mass is 241 g/mol. The minimum atomic E-state index is -0.488. The van der Waals surface area contributed by atoms with E-state index in [9.17, 15) is 0 Å². The standard InChI is InChI=1S/C12H23N3O2/c1-6-12(4,16-5)11-14-10(17-15-11)9(7-13)8(2)3/h8-9H,6-7,13H2,1-5H3. The van der Waals surface area contributed by atoms with Crippen molar-refractivity contribution >= 4 is 0 Å². The molecule has 0 saturated heterocycles. The third-order valence-corrected chi connectivity index (χ3v) is 3.42. The average molecular weight is 241 g/mol. The van der Waals surface area contributed by atoms with Gasteiger partial charge in [-0.25, -0.2) is 0 Å². The lowest BCUT2D eigenvalue weighted by molar-refractivity contribution is -0.0106. The number of methoxy groups -OCH3 is 1. The van der Waals surface area contributed by atoms with Gasteiger partial charge in [0.15, 0.2) is 0 Å². The summed E-state index contributed by atoms with van der Waals surface area (Å²) in [4.78, 5) is 4.43. The number of rotatable bonds is 6. The number of hydrogen-bond acceptors (Lipinski definition) is 5. The lowest BCUT2D eigenvalue weighted by Gasteiger charge is -2.22. The van der Waals surface area contributed by atoms with E-state index in [1.807, 2.05) is 13.8 Å². The Hall–Kier alpha value is -0.940. The molecule has 0 aromatic carbocycles. The Morgan fingerprint density at radius 1 is 1.47 bits per heavy atom. The van der Waals surface area contributed by atoms with Crippen LogP contribution in [0.2, 0.25) is 0 Å². The van der Waals surface area contributed by atoms with Gasteiger partial charge in [-0.1, -0.05) is 25.9 Å². The smallest absolute Gasteiger partial charge is 0.231 e. The Morgan fingerprint density at radius 2 is 2.12 bits per heavy atom. The molecular weight excluding hydrogens is 218 g/mol. The van der Waals surface area contributed by atoms with E-state index in [1.165, 1.54) is 0 Å². The number of hydrogen-bond donors (Lipinski definition) is 1. The highest BCUT2D eigenvalue weighted by Gasteiger charge is 2.31. The Bertz CT molecular complexity index is 345. The number of nitrogens with two attached hydrogens (primary N) is 1. The molecule has 5 nitrogen and oxygen atoms in total. The van der Waals surface area contributed by atoms with Gasteiger partial charge in [-0.15, -0.1) is 0 Å². The van der Waals surface area contributed by atoms with Gasteiger partial charge in [0.1, 0.15) is 5.60 Å². The molecule has 2 unspecified atom stereocenters. The third-order valence-electron chi connectivity index (χ3n) is 3.42. The molecule has 5 heteroatoms. The first-order valence-electron chi connectivity index (χ1n) is 6.07. The van der Waals surface area contributed by atoms with E-state index >= 15 is 0 Å². The summed E-state index contributed by atoms with van der Waals surface area (Å²) in [6, 6.07) is 0. The van der Waals surface area contributed by atoms with Crippen molar-refractivity contribution in [3.05, 3.63) is 11.7 Å². The second kappa shape index (κ2) is 5.60. The number of ether oxygens (including phenoxy) is 1. The number of nitrogens with zero attached hydrogens (tertiary/aromatic N) is 2. The summed E-state index contributed by atoms with van der Waals surface area (Å²) in [6.45, 7) is 8.68. The Balaban J connectivity index is 2.98. The maximum absolute atomic E-state index is 5.73. The second-order valence-corrected chi connectivity index (χ2v) is 4.83. The molecule has 0 spiro atoms. The molecule has 1 rings (SSSR count). The molecule has 0 fully saturated rings. The average Bonchev–Trinajstić information content (AvgIpc) is 2.78. The van der Waals surface area contributed by atoms with Crippen molar-refractivity contribution in [1.82, 2.24) is 10.1 Å². The molecule has 0 aliphatic carbocycles. The van der Waals surface area contributed by atoms with Crippen molar-refractivity contribution in [2.24, 2.45) is 11.7 Å². The van der Waals surface area contributed by atoms with E-state index < -0.39 is 5.60 Å². The quantitative estimate of drug-likeness (QED) is 0.825. The minimum Gasteiger partial charge on any atom is -0.370 e. The van der Waals surface area contributed by atoms with Gasteiger partial charge in [-0.3, -0.25) is 0 Å². The van der Waals surface area contributed by atoms with Crippen molar-refractivity contribution < 1.29 is 9.26 Å². The maximum Gasteiger partial charge on any atom is 0.231 e. The van der Waals surface area contributed by atoms with E-state index in [0.717, 1.165) is 6.42 Å². The van der Waals surface area contributed by atoms with E-state index in [0.29, 0.717) is 24.2 Å². The predicted octanol–water partition coefficient (Wildman–Crippen LogP) is 2.04. The molecule has 1 aromatic heterocycles. The summed E-state index contributed by atoms with van der Waals surface area (Å²) in [5, 5.41) is 4.01. The first kappa shape index (κ1) is 14.1. The lowest BCUT2D eigenvalue weighted by Crippen LogP contribution is -2.25. The molecule has 1 heterocycles. The van der Waals surface area contributed by atoms with E-state index in [4.69, 9.17) is 15.0 Å². The Morgan fingerprint density at radius 3 is 2.53 bits per heavy atom. The van der Waals surface area contributed by atoms with Crippen molar-refractivity contribution in [3.8, 4) is 0 Å². The zero-order valence-corrected chi connectivity index (χ0v) is 11.4. The molecule has 0 aliphatic heterocycles. The zero-order valence-electron chi connectivity index (χ0n) is 11.4. The van der Waals surface area contributed by atoms with Crippen LogP contribution in [-0.4, -0.2) is 23.8 Å². The van der Waals surface area contributed by atoms with Gasteiger partial charge in [0.2, 0.25) is 11.7 Å². The van der Waals surface area contributed by atoms with Gasteiger partial charge >= 0.3 is 0 Å². The van der Waals surface area contributed by atoms with Crippen LogP contribution < -0.4 is 5.73 Å². The van der Waals surface area contributed by atoms with Gasteiger partial charge in [0, 0.05) is 13.7 Å². The maximum atomic E-state index is 5.73. The molecule has 0 saturated carbocycles. The molecular formula is C12H23N3O2. The molecule has 1 aromatic rings. The molecule has 2 atom stereocenters. The zero-order chi connectivity index (χ0) is 13.1. The summed E-state index contributed by atoms with van der Waals surface area (Å²) < 4.78 is 10.8. The van der Waals surface area contributed by atoms with Crippen LogP contribution in [0.4, 0.5) is 0 Å². The molecule has 0 amide bonds. The van der Waals surface area contributed by atoms with Crippen LogP contribution in [-0.2, 0) is 10.3 Å². The van der Waals surface area contributed by atoms with Crippen molar-refractivity contribution in [3.63, 3.8) is 0 Å². The number of aromatic nitrogens is 2. The largest absolute Gasteiger partial charge is 0.370 e. The highest BCUT2D eigenvalue weighted by molar-refractivity contribution is 5.02. The van der Waals surface area contributed by atoms with E-state index in [1.54, 1.807) is 7.11 Å². The van der Waals surface area contributed by atoms with Crippen LogP contribution in [0.3, 0.4) is 0 Å². The SMILES string of the molecule is CCC(C)(OC)c1noc(C(CN)C(C)C)n1. The highest BCUT2D eigenvalue weighted by Crippen LogP contribution is 2.28. The van der Waals surface area contributed by atoms with Crippen LogP contribution in [0.1, 0.15) is 51.7 Å². The summed E-state index contributed by atoms with van der Waals surface area (Å²) in [7, 11) is 1.66. The van der Waals surface area contributed by atoms with Gasteiger partial charge in [-0.2, -0.15) is 4.98 Å². The van der Waals surface area contributed by atoms with Crippen molar-refractivity contribution in [2.75, 3.05) is 13.7 Å². The molecule has 0 bridgehead atoms. The van der Waals surface area contributed by atoms with Gasteiger partial charge in [0.25, 0.3) is 0 Å². The summed E-state index contributed by atoms with van der Waals surface area (Å²) in [6.07, 6.45) is 0.789. The summed E-state index contributed by atoms with van der Waals surface area (Å²) >= 11 is 0. The van der Waals surface area contributed by atoms with Crippen LogP contribution in [0.5, 0.6) is 0 Å². The van der Waals surface area contributed by atoms with E-state index in [2.05, 4.69) is 24.0 Å². The molecule has 17 heavy (non-hydrogen) atoms. The first-order valence-corrected chi connectivity index (χ1v) is 6.07. The Labute approximate surface area is 103 Å². The van der Waals surface area contributed by atoms with Crippen LogP contribution in [0.25, 0.3) is 0 Å². The third kappa shape index (κ3) is 2.84. The lowest BCUT2D eigenvalue weighted by atomic mass is 9.96. The minimum absolute atomic E-state index is 0.106. The topological polar surface area (TPSA) is 74.2 Å². The van der Waals surface area contributed by atoms with Crippen LogP contribution in [0.15, 0.2) is 4.52 Å². The fourth-order valence-corrected chi connectivity index (χ4v) is 1.65. The van der Waals surface area contributed by atoms with Gasteiger partial charge in [0.05, 0.1) is 5.92 Å². The predicted molar refractivity (Wildman–Crippen MR) is 65.6 cm³/mol. The van der Waals surface area contributed by atoms with E-state index in [-0.39, 0.29) is 5.92 Å². The van der Waals surface area contributed by atoms with Crippen molar-refractivity contribution in [2.45, 2.75) is 45.6 Å². The van der Waals surface area contributed by atoms with Gasteiger partial charge in [-0.05, 0) is 19.3 Å². The summed E-state index contributed by atoms with van der Waals surface area (Å²) in [5.74, 6) is 1.68. The molecule has 0 radical (unpaired) electrons.